The second-order valence-corrected chi connectivity index (χ2v) is 8.05. The predicted octanol–water partition coefficient (Wildman–Crippen LogP) is 3.99. The van der Waals surface area contributed by atoms with Gasteiger partial charge in [-0.3, -0.25) is 9.59 Å². The molecule has 0 bridgehead atoms. The molecule has 1 fully saturated rings. The van der Waals surface area contributed by atoms with Crippen molar-refractivity contribution < 1.29 is 9.59 Å². The van der Waals surface area contributed by atoms with Gasteiger partial charge in [0.15, 0.2) is 0 Å². The van der Waals surface area contributed by atoms with Gasteiger partial charge in [-0.2, -0.15) is 5.10 Å². The zero-order valence-corrected chi connectivity index (χ0v) is 17.6. The van der Waals surface area contributed by atoms with Crippen LogP contribution in [0.1, 0.15) is 17.5 Å². The SMILES string of the molecule is Cc1ccc(N2CC(C(=O)Nc3ccnn3Cc3ccccc3Br)CC2=O)cc1. The Kier molecular flexibility index (Phi) is 5.49. The zero-order valence-electron chi connectivity index (χ0n) is 16.0. The number of benzene rings is 2. The lowest BCUT2D eigenvalue weighted by molar-refractivity contribution is -0.122. The average Bonchev–Trinajstić information content (AvgIpc) is 3.31. The normalized spacial score (nSPS) is 16.3. The number of carbonyl (C=O) groups is 2. The fraction of sp³-hybridized carbons (Fsp3) is 0.227. The Morgan fingerprint density at radius 1 is 1.17 bits per heavy atom. The number of halogens is 1. The van der Waals surface area contributed by atoms with Gasteiger partial charge < -0.3 is 10.2 Å². The molecule has 1 N–H and O–H groups in total. The highest BCUT2D eigenvalue weighted by Crippen LogP contribution is 2.26. The molecular formula is C22H21BrN4O2. The zero-order chi connectivity index (χ0) is 20.4. The first-order chi connectivity index (χ1) is 14.0. The molecular weight excluding hydrogens is 432 g/mol. The Labute approximate surface area is 177 Å². The van der Waals surface area contributed by atoms with Crippen LogP contribution in [0.2, 0.25) is 0 Å². The maximum atomic E-state index is 12.8. The molecule has 1 aliphatic rings. The molecule has 1 atom stereocenters. The fourth-order valence-electron chi connectivity index (χ4n) is 3.44. The number of anilines is 2. The van der Waals surface area contributed by atoms with E-state index in [0.717, 1.165) is 21.3 Å². The number of rotatable bonds is 5. The van der Waals surface area contributed by atoms with Gasteiger partial charge in [0.1, 0.15) is 5.82 Å². The van der Waals surface area contributed by atoms with Crippen molar-refractivity contribution in [3.8, 4) is 0 Å². The molecule has 7 heteroatoms. The van der Waals surface area contributed by atoms with Crippen LogP contribution in [0.4, 0.5) is 11.5 Å². The van der Waals surface area contributed by atoms with Crippen LogP contribution in [0.25, 0.3) is 0 Å². The lowest BCUT2D eigenvalue weighted by Crippen LogP contribution is -2.28. The number of amides is 2. The monoisotopic (exact) mass is 452 g/mol. The summed E-state index contributed by atoms with van der Waals surface area (Å²) in [5, 5.41) is 7.26. The van der Waals surface area contributed by atoms with Crippen molar-refractivity contribution in [3.05, 3.63) is 76.4 Å². The van der Waals surface area contributed by atoms with Crippen LogP contribution >= 0.6 is 15.9 Å². The molecule has 4 rings (SSSR count). The van der Waals surface area contributed by atoms with E-state index in [-0.39, 0.29) is 18.2 Å². The maximum absolute atomic E-state index is 12.8. The smallest absolute Gasteiger partial charge is 0.230 e. The van der Waals surface area contributed by atoms with Gasteiger partial charge in [-0.1, -0.05) is 51.8 Å². The van der Waals surface area contributed by atoms with E-state index >= 15 is 0 Å². The van der Waals surface area contributed by atoms with Gasteiger partial charge in [-0.15, -0.1) is 0 Å². The lowest BCUT2D eigenvalue weighted by atomic mass is 10.1. The molecule has 1 saturated heterocycles. The number of nitrogens with zero attached hydrogens (tertiary/aromatic N) is 3. The van der Waals surface area contributed by atoms with Crippen molar-refractivity contribution in [1.29, 1.82) is 0 Å². The summed E-state index contributed by atoms with van der Waals surface area (Å²) < 4.78 is 2.73. The van der Waals surface area contributed by atoms with E-state index in [9.17, 15) is 9.59 Å². The first kappa shape index (κ1) is 19.4. The molecule has 3 aromatic rings. The molecule has 148 valence electrons. The quantitative estimate of drug-likeness (QED) is 0.635. The third kappa shape index (κ3) is 4.24. The number of hydrogen-bond acceptors (Lipinski definition) is 3. The minimum atomic E-state index is -0.393. The molecule has 6 nitrogen and oxygen atoms in total. The maximum Gasteiger partial charge on any atom is 0.230 e. The highest BCUT2D eigenvalue weighted by atomic mass is 79.9. The van der Waals surface area contributed by atoms with E-state index in [1.165, 1.54) is 0 Å². The van der Waals surface area contributed by atoms with E-state index in [1.807, 2.05) is 55.5 Å². The van der Waals surface area contributed by atoms with E-state index in [0.29, 0.717) is 18.9 Å². The largest absolute Gasteiger partial charge is 0.312 e. The Morgan fingerprint density at radius 2 is 1.93 bits per heavy atom. The summed E-state index contributed by atoms with van der Waals surface area (Å²) in [5.74, 6) is 0.0279. The first-order valence-corrected chi connectivity index (χ1v) is 10.2. The minimum Gasteiger partial charge on any atom is -0.312 e. The third-order valence-electron chi connectivity index (χ3n) is 5.09. The molecule has 0 saturated carbocycles. The van der Waals surface area contributed by atoms with Crippen LogP contribution in [0.3, 0.4) is 0 Å². The van der Waals surface area contributed by atoms with Crippen LogP contribution in [0.15, 0.2) is 65.3 Å². The van der Waals surface area contributed by atoms with Crippen molar-refractivity contribution in [2.45, 2.75) is 19.9 Å². The van der Waals surface area contributed by atoms with Crippen molar-refractivity contribution in [3.63, 3.8) is 0 Å². The topological polar surface area (TPSA) is 67.2 Å². The molecule has 0 radical (unpaired) electrons. The average molecular weight is 453 g/mol. The molecule has 2 heterocycles. The standard InChI is InChI=1S/C22H21BrN4O2/c1-15-6-8-18(9-7-15)26-13-17(12-21(26)28)22(29)25-20-10-11-24-27(20)14-16-4-2-3-5-19(16)23/h2-11,17H,12-14H2,1H3,(H,25,29). The molecule has 1 unspecified atom stereocenters. The van der Waals surface area contributed by atoms with Crippen molar-refractivity contribution in [1.82, 2.24) is 9.78 Å². The van der Waals surface area contributed by atoms with Crippen molar-refractivity contribution in [2.75, 3.05) is 16.8 Å². The Hall–Kier alpha value is -2.93. The van der Waals surface area contributed by atoms with E-state index < -0.39 is 5.92 Å². The fourth-order valence-corrected chi connectivity index (χ4v) is 3.85. The molecule has 0 spiro atoms. The molecule has 2 aromatic carbocycles. The first-order valence-electron chi connectivity index (χ1n) is 9.44. The van der Waals surface area contributed by atoms with Crippen LogP contribution in [0.5, 0.6) is 0 Å². The summed E-state index contributed by atoms with van der Waals surface area (Å²) in [4.78, 5) is 26.9. The van der Waals surface area contributed by atoms with Gasteiger partial charge in [-0.05, 0) is 30.7 Å². The van der Waals surface area contributed by atoms with Crippen LogP contribution in [-0.2, 0) is 16.1 Å². The summed E-state index contributed by atoms with van der Waals surface area (Å²) in [6, 6.07) is 17.4. The molecule has 29 heavy (non-hydrogen) atoms. The molecule has 2 amide bonds. The Bertz CT molecular complexity index is 1040. The van der Waals surface area contributed by atoms with E-state index in [2.05, 4.69) is 26.3 Å². The minimum absolute atomic E-state index is 0.0317. The van der Waals surface area contributed by atoms with Gasteiger partial charge in [0, 0.05) is 29.2 Å². The van der Waals surface area contributed by atoms with E-state index in [4.69, 9.17) is 0 Å². The Morgan fingerprint density at radius 3 is 2.69 bits per heavy atom. The Balaban J connectivity index is 1.44. The number of nitrogens with one attached hydrogen (secondary N) is 1. The van der Waals surface area contributed by atoms with Gasteiger partial charge in [0.2, 0.25) is 11.8 Å². The number of carbonyl (C=O) groups excluding carboxylic acids is 2. The summed E-state index contributed by atoms with van der Waals surface area (Å²) in [5.41, 5.74) is 3.02. The van der Waals surface area contributed by atoms with Crippen LogP contribution in [0, 0.1) is 12.8 Å². The van der Waals surface area contributed by atoms with Gasteiger partial charge >= 0.3 is 0 Å². The van der Waals surface area contributed by atoms with Crippen LogP contribution in [-0.4, -0.2) is 28.1 Å². The second-order valence-electron chi connectivity index (χ2n) is 7.20. The van der Waals surface area contributed by atoms with Crippen molar-refractivity contribution >= 4 is 39.2 Å². The highest BCUT2D eigenvalue weighted by molar-refractivity contribution is 9.10. The number of aromatic nitrogens is 2. The van der Waals surface area contributed by atoms with Gasteiger partial charge in [0.05, 0.1) is 18.7 Å². The van der Waals surface area contributed by atoms with Gasteiger partial charge in [-0.25, -0.2) is 4.68 Å². The number of aryl methyl sites for hydroxylation is 1. The van der Waals surface area contributed by atoms with Gasteiger partial charge in [0.25, 0.3) is 0 Å². The second kappa shape index (κ2) is 8.21. The molecule has 1 aromatic heterocycles. The summed E-state index contributed by atoms with van der Waals surface area (Å²) >= 11 is 3.54. The van der Waals surface area contributed by atoms with Crippen molar-refractivity contribution in [2.24, 2.45) is 5.92 Å². The third-order valence-corrected chi connectivity index (χ3v) is 5.86. The summed E-state index contributed by atoms with van der Waals surface area (Å²) in [6.45, 7) is 2.91. The highest BCUT2D eigenvalue weighted by Gasteiger charge is 2.35. The number of hydrogen-bond donors (Lipinski definition) is 1. The predicted molar refractivity (Wildman–Crippen MR) is 116 cm³/mol. The lowest BCUT2D eigenvalue weighted by Gasteiger charge is -2.17. The summed E-state index contributed by atoms with van der Waals surface area (Å²) in [6.07, 6.45) is 1.86. The van der Waals surface area contributed by atoms with E-state index in [1.54, 1.807) is 21.8 Å². The molecule has 0 aliphatic carbocycles. The summed E-state index contributed by atoms with van der Waals surface area (Å²) in [7, 11) is 0. The van der Waals surface area contributed by atoms with Crippen LogP contribution < -0.4 is 10.2 Å². The molecule has 1 aliphatic heterocycles.